The number of rotatable bonds is 18. The maximum atomic E-state index is 12.6. The number of nitrogens with zero attached hydrogens (tertiary/aromatic N) is 2. The quantitative estimate of drug-likeness (QED) is 0.111. The van der Waals surface area contributed by atoms with Gasteiger partial charge in [0.15, 0.2) is 0 Å². The van der Waals surface area contributed by atoms with E-state index < -0.39 is 0 Å². The Kier molecular flexibility index (Phi) is 16.8. The molecule has 0 aliphatic carbocycles. The molecule has 2 aliphatic rings. The first-order valence-corrected chi connectivity index (χ1v) is 17.7. The fourth-order valence-electron chi connectivity index (χ4n) is 7.37. The lowest BCUT2D eigenvalue weighted by Gasteiger charge is -2.54. The Balaban J connectivity index is 0.00000968. The van der Waals surface area contributed by atoms with Crippen molar-refractivity contribution in [3.63, 3.8) is 0 Å². The number of carbonyl (C=O) groups excluding carboxylic acids is 1. The Morgan fingerprint density at radius 1 is 0.636 bits per heavy atom. The first-order valence-electron chi connectivity index (χ1n) is 17.7. The molecule has 8 nitrogen and oxygen atoms in total. The highest BCUT2D eigenvalue weighted by molar-refractivity contribution is 5.69. The Bertz CT molecular complexity index is 793. The van der Waals surface area contributed by atoms with Crippen LogP contribution in [0.4, 0.5) is 0 Å². The molecule has 0 aromatic heterocycles. The van der Waals surface area contributed by atoms with Crippen LogP contribution in [0.3, 0.4) is 0 Å². The van der Waals surface area contributed by atoms with Gasteiger partial charge in [-0.25, -0.2) is 0 Å². The van der Waals surface area contributed by atoms with E-state index in [1.54, 1.807) is 0 Å². The Hall–Kier alpha value is -0.770. The van der Waals surface area contributed by atoms with Gasteiger partial charge in [-0.05, 0) is 108 Å². The van der Waals surface area contributed by atoms with Crippen LogP contribution < -0.4 is 0 Å². The van der Waals surface area contributed by atoms with Crippen molar-refractivity contribution in [3.8, 4) is 0 Å². The van der Waals surface area contributed by atoms with Gasteiger partial charge in [-0.2, -0.15) is 10.1 Å². The second-order valence-corrected chi connectivity index (χ2v) is 16.1. The zero-order valence-electron chi connectivity index (χ0n) is 30.9. The molecule has 44 heavy (non-hydrogen) atoms. The van der Waals surface area contributed by atoms with Gasteiger partial charge in [0.2, 0.25) is 0 Å². The van der Waals surface area contributed by atoms with Crippen molar-refractivity contribution in [2.24, 2.45) is 0 Å². The standard InChI is InChI=1S/C36H70N2O5.H2O/c1-13-28(3)42-37-33(5,6)24-30(25-34(37,7)8)40-23-21-19-17-15-16-18-20-22-32(39)41-31-26-35(9,10)38(36(11,12)27-31)43-29(4)14-2;/h28-31H,13-27H2,1-12H3;1H2. The smallest absolute Gasteiger partial charge is 0.306 e. The molecule has 2 N–H and O–H groups in total. The highest BCUT2D eigenvalue weighted by atomic mass is 16.7. The lowest BCUT2D eigenvalue weighted by Crippen LogP contribution is -2.62. The third-order valence-corrected chi connectivity index (χ3v) is 9.51. The molecule has 0 saturated carbocycles. The van der Waals surface area contributed by atoms with Crippen LogP contribution in [0.1, 0.15) is 173 Å². The summed E-state index contributed by atoms with van der Waals surface area (Å²) >= 11 is 0. The fourth-order valence-corrected chi connectivity index (χ4v) is 7.37. The predicted molar refractivity (Wildman–Crippen MR) is 180 cm³/mol. The van der Waals surface area contributed by atoms with Crippen molar-refractivity contribution < 1.29 is 29.4 Å². The molecule has 2 aliphatic heterocycles. The number of hydrogen-bond donors (Lipinski definition) is 0. The Labute approximate surface area is 271 Å². The zero-order valence-corrected chi connectivity index (χ0v) is 30.9. The van der Waals surface area contributed by atoms with Crippen LogP contribution in [0.25, 0.3) is 0 Å². The maximum Gasteiger partial charge on any atom is 0.306 e. The number of carbonyl (C=O) groups is 1. The summed E-state index contributed by atoms with van der Waals surface area (Å²) in [5, 5.41) is 4.39. The summed E-state index contributed by atoms with van der Waals surface area (Å²) in [6.45, 7) is 27.3. The van der Waals surface area contributed by atoms with E-state index in [1.165, 1.54) is 25.7 Å². The highest BCUT2D eigenvalue weighted by Crippen LogP contribution is 2.41. The summed E-state index contributed by atoms with van der Waals surface area (Å²) in [6.07, 6.45) is 14.7. The van der Waals surface area contributed by atoms with Crippen LogP contribution in [0.5, 0.6) is 0 Å². The topological polar surface area (TPSA) is 92.0 Å². The van der Waals surface area contributed by atoms with Crippen molar-refractivity contribution in [2.45, 2.75) is 220 Å². The van der Waals surface area contributed by atoms with Gasteiger partial charge >= 0.3 is 5.97 Å². The van der Waals surface area contributed by atoms with E-state index in [-0.39, 0.29) is 58.0 Å². The van der Waals surface area contributed by atoms with Crippen LogP contribution >= 0.6 is 0 Å². The van der Waals surface area contributed by atoms with Gasteiger partial charge in [0.05, 0.1) is 18.3 Å². The van der Waals surface area contributed by atoms with Gasteiger partial charge in [0.1, 0.15) is 6.10 Å². The first kappa shape index (κ1) is 41.3. The molecule has 8 heteroatoms. The van der Waals surface area contributed by atoms with Crippen molar-refractivity contribution in [1.82, 2.24) is 10.1 Å². The van der Waals surface area contributed by atoms with E-state index in [0.717, 1.165) is 64.4 Å². The second kappa shape index (κ2) is 18.0. The lowest BCUT2D eigenvalue weighted by molar-refractivity contribution is -0.313. The van der Waals surface area contributed by atoms with Crippen LogP contribution in [0, 0.1) is 0 Å². The van der Waals surface area contributed by atoms with Crippen molar-refractivity contribution >= 4 is 5.97 Å². The van der Waals surface area contributed by atoms with Gasteiger partial charge in [-0.1, -0.05) is 46.0 Å². The van der Waals surface area contributed by atoms with Crippen LogP contribution in [0.15, 0.2) is 0 Å². The third kappa shape index (κ3) is 12.8. The van der Waals surface area contributed by atoms with Gasteiger partial charge in [0, 0.05) is 48.0 Å². The predicted octanol–water partition coefficient (Wildman–Crippen LogP) is 8.35. The average Bonchev–Trinajstić information content (AvgIpc) is 2.88. The van der Waals surface area contributed by atoms with E-state index in [4.69, 9.17) is 19.1 Å². The molecule has 0 amide bonds. The summed E-state index contributed by atoms with van der Waals surface area (Å²) in [5.74, 6) is -0.0475. The molecule has 0 bridgehead atoms. The third-order valence-electron chi connectivity index (χ3n) is 9.51. The molecule has 0 aromatic rings. The van der Waals surface area contributed by atoms with Crippen LogP contribution in [-0.4, -0.2) is 74.8 Å². The van der Waals surface area contributed by atoms with Crippen molar-refractivity contribution in [3.05, 3.63) is 0 Å². The van der Waals surface area contributed by atoms with Gasteiger partial charge in [-0.3, -0.25) is 14.5 Å². The van der Waals surface area contributed by atoms with E-state index in [0.29, 0.717) is 6.42 Å². The Morgan fingerprint density at radius 2 is 1.00 bits per heavy atom. The second-order valence-electron chi connectivity index (χ2n) is 16.1. The fraction of sp³-hybridized carbons (Fsp3) is 0.972. The molecule has 262 valence electrons. The van der Waals surface area contributed by atoms with E-state index >= 15 is 0 Å². The van der Waals surface area contributed by atoms with Crippen molar-refractivity contribution in [2.75, 3.05) is 6.61 Å². The number of esters is 1. The Morgan fingerprint density at radius 3 is 1.41 bits per heavy atom. The van der Waals surface area contributed by atoms with Gasteiger partial charge in [-0.15, -0.1) is 0 Å². The monoisotopic (exact) mass is 629 g/mol. The molecular formula is C36H72N2O6. The number of piperidine rings is 2. The average molecular weight is 629 g/mol. The molecule has 2 saturated heterocycles. The minimum Gasteiger partial charge on any atom is -0.462 e. The van der Waals surface area contributed by atoms with Gasteiger partial charge < -0.3 is 14.9 Å². The maximum absolute atomic E-state index is 12.6. The normalized spacial score (nSPS) is 23.5. The van der Waals surface area contributed by atoms with E-state index in [1.807, 2.05) is 0 Å². The molecule has 2 fully saturated rings. The molecular weight excluding hydrogens is 556 g/mol. The van der Waals surface area contributed by atoms with Crippen molar-refractivity contribution in [1.29, 1.82) is 0 Å². The SMILES string of the molecule is CCC(C)ON1C(C)(C)CC(OCCCCCCCCCC(=O)OC2CC(C)(C)N(OC(C)CC)C(C)(C)C2)CC1(C)C.O. The molecule has 2 atom stereocenters. The summed E-state index contributed by atoms with van der Waals surface area (Å²) in [6, 6.07) is 0. The number of unbranched alkanes of at least 4 members (excludes halogenated alkanes) is 6. The molecule has 2 unspecified atom stereocenters. The first-order chi connectivity index (χ1) is 19.9. The summed E-state index contributed by atoms with van der Waals surface area (Å²) in [5.41, 5.74) is -0.466. The minimum absolute atomic E-state index is 0. The van der Waals surface area contributed by atoms with Crippen LogP contribution in [0.2, 0.25) is 0 Å². The lowest BCUT2D eigenvalue weighted by atomic mass is 9.80. The number of hydrogen-bond acceptors (Lipinski definition) is 7. The van der Waals surface area contributed by atoms with E-state index in [9.17, 15) is 4.79 Å². The molecule has 0 radical (unpaired) electrons. The number of hydroxylamine groups is 4. The minimum atomic E-state index is -0.187. The molecule has 2 heterocycles. The summed E-state index contributed by atoms with van der Waals surface area (Å²) < 4.78 is 12.4. The van der Waals surface area contributed by atoms with Crippen LogP contribution in [-0.2, 0) is 23.9 Å². The molecule has 0 aromatic carbocycles. The van der Waals surface area contributed by atoms with Gasteiger partial charge in [0.25, 0.3) is 0 Å². The zero-order chi connectivity index (χ0) is 32.5. The highest BCUT2D eigenvalue weighted by Gasteiger charge is 2.49. The molecule has 2 rings (SSSR count). The number of ether oxygens (including phenoxy) is 2. The molecule has 0 spiro atoms. The summed E-state index contributed by atoms with van der Waals surface area (Å²) in [7, 11) is 0. The van der Waals surface area contributed by atoms with E-state index in [2.05, 4.69) is 93.2 Å². The summed E-state index contributed by atoms with van der Waals surface area (Å²) in [4.78, 5) is 25.3. The largest absolute Gasteiger partial charge is 0.462 e.